The van der Waals surface area contributed by atoms with E-state index in [1.54, 1.807) is 6.07 Å². The van der Waals surface area contributed by atoms with Gasteiger partial charge in [-0.15, -0.1) is 0 Å². The number of rotatable bonds is 4. The third-order valence-corrected chi connectivity index (χ3v) is 12.0. The molecule has 10 nitrogen and oxygen atoms in total. The second-order valence-corrected chi connectivity index (χ2v) is 15.6. The first-order chi connectivity index (χ1) is 23.7. The predicted octanol–water partition coefficient (Wildman–Crippen LogP) is 5.48. The van der Waals surface area contributed by atoms with Crippen LogP contribution in [0.25, 0.3) is 22.2 Å². The van der Waals surface area contributed by atoms with Gasteiger partial charge in [-0.2, -0.15) is 12.7 Å². The van der Waals surface area contributed by atoms with Gasteiger partial charge in [0.15, 0.2) is 11.5 Å². The van der Waals surface area contributed by atoms with Crippen molar-refractivity contribution in [2.24, 2.45) is 0 Å². The van der Waals surface area contributed by atoms with E-state index >= 15 is 0 Å². The van der Waals surface area contributed by atoms with E-state index in [9.17, 15) is 13.2 Å². The summed E-state index contributed by atoms with van der Waals surface area (Å²) in [5.41, 5.74) is 5.68. The molecule has 1 fully saturated rings. The predicted molar refractivity (Wildman–Crippen MR) is 192 cm³/mol. The summed E-state index contributed by atoms with van der Waals surface area (Å²) in [5.74, 6) is 1.15. The summed E-state index contributed by atoms with van der Waals surface area (Å²) >= 11 is 0. The molecule has 3 aromatic carbocycles. The number of aromatic nitrogens is 1. The second-order valence-electron chi connectivity index (χ2n) is 13.9. The average Bonchev–Trinajstić information content (AvgIpc) is 3.41. The highest BCUT2D eigenvalue weighted by molar-refractivity contribution is 7.87. The van der Waals surface area contributed by atoms with Crippen molar-refractivity contribution in [3.8, 4) is 22.8 Å². The van der Waals surface area contributed by atoms with Crippen molar-refractivity contribution in [1.29, 1.82) is 0 Å². The lowest BCUT2D eigenvalue weighted by atomic mass is 9.81. The topological polar surface area (TPSA) is 96.3 Å². The molecular weight excluding hydrogens is 639 g/mol. The Kier molecular flexibility index (Phi) is 9.70. The van der Waals surface area contributed by atoms with Gasteiger partial charge in [0.05, 0.1) is 11.7 Å². The van der Waals surface area contributed by atoms with Crippen LogP contribution < -0.4 is 14.2 Å². The third kappa shape index (κ3) is 6.94. The molecule has 4 bridgehead atoms. The number of ether oxygens (including phenoxy) is 2. The molecule has 0 saturated heterocycles. The number of carbonyl (C=O) groups is 1. The van der Waals surface area contributed by atoms with Crippen LogP contribution in [-0.2, 0) is 23.4 Å². The molecule has 1 aromatic heterocycles. The Bertz CT molecular complexity index is 1920. The summed E-state index contributed by atoms with van der Waals surface area (Å²) < 4.78 is 45.6. The van der Waals surface area contributed by atoms with E-state index in [4.69, 9.17) is 9.47 Å². The highest BCUT2D eigenvalue weighted by Gasteiger charge is 2.33. The lowest BCUT2D eigenvalue weighted by molar-refractivity contribution is 0.0979. The Morgan fingerprint density at radius 2 is 1.67 bits per heavy atom. The molecule has 1 aliphatic carbocycles. The SMILES string of the molecule is CN1CCN(C)[C@H]2COc3c(OCc4ccccc4)cccc3-c3c(C4CCCCC4)c4ccc(cc4n3C2)C(=O)NS(=O)(=O)N(C)CC1. The van der Waals surface area contributed by atoms with Crippen LogP contribution in [0.15, 0.2) is 66.7 Å². The highest BCUT2D eigenvalue weighted by Crippen LogP contribution is 2.49. The molecule has 1 amide bonds. The van der Waals surface area contributed by atoms with E-state index in [0.717, 1.165) is 59.4 Å². The van der Waals surface area contributed by atoms with Crippen LogP contribution in [0.3, 0.4) is 0 Å². The summed E-state index contributed by atoms with van der Waals surface area (Å²) in [6.45, 7) is 3.83. The van der Waals surface area contributed by atoms with Gasteiger partial charge in [0.2, 0.25) is 0 Å². The van der Waals surface area contributed by atoms with Gasteiger partial charge in [-0.05, 0) is 68.2 Å². The molecule has 0 radical (unpaired) electrons. The number of carbonyl (C=O) groups excluding carboxylic acids is 1. The van der Waals surface area contributed by atoms with Crippen LogP contribution in [0.4, 0.5) is 0 Å². The smallest absolute Gasteiger partial charge is 0.303 e. The second kappa shape index (κ2) is 14.1. The van der Waals surface area contributed by atoms with Crippen molar-refractivity contribution in [3.63, 3.8) is 0 Å². The zero-order chi connectivity index (χ0) is 34.1. The minimum atomic E-state index is -4.02. The van der Waals surface area contributed by atoms with Crippen LogP contribution in [0.1, 0.15) is 59.5 Å². The Morgan fingerprint density at radius 1 is 0.898 bits per heavy atom. The summed E-state index contributed by atoms with van der Waals surface area (Å²) in [6.07, 6.45) is 5.76. The summed E-state index contributed by atoms with van der Waals surface area (Å²) in [7, 11) is 1.61. The number of amides is 1. The molecule has 2 aliphatic heterocycles. The van der Waals surface area contributed by atoms with Crippen molar-refractivity contribution in [3.05, 3.63) is 83.4 Å². The quantitative estimate of drug-likeness (QED) is 0.304. The highest BCUT2D eigenvalue weighted by atomic mass is 32.2. The monoisotopic (exact) mass is 685 g/mol. The van der Waals surface area contributed by atoms with Gasteiger partial charge in [0.1, 0.15) is 13.2 Å². The molecule has 3 heterocycles. The lowest BCUT2D eigenvalue weighted by Gasteiger charge is -2.34. The lowest BCUT2D eigenvalue weighted by Crippen LogP contribution is -2.46. The van der Waals surface area contributed by atoms with E-state index in [-0.39, 0.29) is 12.6 Å². The van der Waals surface area contributed by atoms with E-state index in [1.165, 1.54) is 36.2 Å². The molecule has 11 heteroatoms. The number of benzene rings is 3. The molecule has 0 unspecified atom stereocenters. The number of fused-ring (bicyclic) bond motifs is 4. The fourth-order valence-corrected chi connectivity index (χ4v) is 8.35. The number of nitrogens with one attached hydrogen (secondary N) is 1. The summed E-state index contributed by atoms with van der Waals surface area (Å²) in [4.78, 5) is 18.0. The van der Waals surface area contributed by atoms with E-state index in [1.807, 2.05) is 49.5 Å². The Morgan fingerprint density at radius 3 is 2.47 bits per heavy atom. The first-order valence-electron chi connectivity index (χ1n) is 17.5. The van der Waals surface area contributed by atoms with Crippen molar-refractivity contribution in [2.45, 2.75) is 57.2 Å². The number of hydrogen-bond donors (Lipinski definition) is 1. The van der Waals surface area contributed by atoms with Crippen LogP contribution in [0.2, 0.25) is 0 Å². The van der Waals surface area contributed by atoms with Gasteiger partial charge < -0.3 is 18.9 Å². The number of nitrogens with zero attached hydrogens (tertiary/aromatic N) is 4. The first kappa shape index (κ1) is 33.6. The maximum atomic E-state index is 13.6. The third-order valence-electron chi connectivity index (χ3n) is 10.6. The Hall–Kier alpha value is -3.90. The number of para-hydroxylation sites is 1. The largest absolute Gasteiger partial charge is 0.487 e. The number of likely N-dealkylation sites (N-methyl/N-ethyl adjacent to an activating group) is 3. The van der Waals surface area contributed by atoms with Gasteiger partial charge >= 0.3 is 10.2 Å². The zero-order valence-corrected chi connectivity index (χ0v) is 29.5. The van der Waals surface area contributed by atoms with Crippen molar-refractivity contribution < 1.29 is 22.7 Å². The molecule has 1 saturated carbocycles. The van der Waals surface area contributed by atoms with Gasteiger partial charge in [0, 0.05) is 61.8 Å². The normalized spacial score (nSPS) is 21.5. The molecule has 4 aromatic rings. The minimum absolute atomic E-state index is 0.0192. The van der Waals surface area contributed by atoms with Gasteiger partial charge in [-0.1, -0.05) is 61.7 Å². The fraction of sp³-hybridized carbons (Fsp3) is 0.447. The first-order valence-corrected chi connectivity index (χ1v) is 18.9. The standard InChI is InChI=1S/C38H47N5O5S/c1-40-19-21-41(2)30-24-43-33-23-29(38(44)39-49(45,46)42(3)22-20-40)17-18-31(33)35(28-13-8-5-9-14-28)36(43)32-15-10-16-34(37(32)48-26-30)47-25-27-11-6-4-7-12-27/h4,6-7,10-12,15-18,23,28,30H,5,8-9,13-14,19-22,24-26H2,1-3H3,(H,39,44)/t30-/m1/s1. The van der Waals surface area contributed by atoms with Gasteiger partial charge in [-0.25, -0.2) is 4.72 Å². The molecular formula is C38H47N5O5S. The van der Waals surface area contributed by atoms with Crippen LogP contribution in [-0.4, -0.2) is 93.0 Å². The zero-order valence-electron chi connectivity index (χ0n) is 28.7. The van der Waals surface area contributed by atoms with Crippen LogP contribution in [0, 0.1) is 0 Å². The average molecular weight is 686 g/mol. The molecule has 49 heavy (non-hydrogen) atoms. The van der Waals surface area contributed by atoms with Crippen molar-refractivity contribution in [1.82, 2.24) is 23.4 Å². The molecule has 1 atom stereocenters. The molecule has 260 valence electrons. The summed E-state index contributed by atoms with van der Waals surface area (Å²) in [6, 6.07) is 22.0. The Balaban J connectivity index is 1.43. The van der Waals surface area contributed by atoms with Crippen molar-refractivity contribution >= 4 is 27.0 Å². The maximum Gasteiger partial charge on any atom is 0.303 e. The van der Waals surface area contributed by atoms with Gasteiger partial charge in [0.25, 0.3) is 5.91 Å². The molecule has 0 spiro atoms. The molecule has 7 rings (SSSR count). The summed E-state index contributed by atoms with van der Waals surface area (Å²) in [5, 5.41) is 1.10. The molecule has 1 N–H and O–H groups in total. The Labute approximate surface area is 289 Å². The van der Waals surface area contributed by atoms with Crippen LogP contribution in [0.5, 0.6) is 11.5 Å². The van der Waals surface area contributed by atoms with E-state index in [2.05, 4.69) is 44.3 Å². The fourth-order valence-electron chi connectivity index (χ4n) is 7.52. The number of hydrogen-bond acceptors (Lipinski definition) is 7. The minimum Gasteiger partial charge on any atom is -0.487 e. The van der Waals surface area contributed by atoms with E-state index in [0.29, 0.717) is 43.5 Å². The van der Waals surface area contributed by atoms with Crippen molar-refractivity contribution in [2.75, 3.05) is 53.9 Å². The molecule has 3 aliphatic rings. The van der Waals surface area contributed by atoms with Crippen LogP contribution >= 0.6 is 0 Å². The maximum absolute atomic E-state index is 13.6. The van der Waals surface area contributed by atoms with Gasteiger partial charge in [-0.3, -0.25) is 9.69 Å². The van der Waals surface area contributed by atoms with E-state index < -0.39 is 16.1 Å².